The zero-order valence-electron chi connectivity index (χ0n) is 12.3. The Labute approximate surface area is 125 Å². The molecule has 0 unspecified atom stereocenters. The number of amides is 1. The van der Waals surface area contributed by atoms with Crippen LogP contribution in [0.15, 0.2) is 48.5 Å². The summed E-state index contributed by atoms with van der Waals surface area (Å²) in [6.07, 6.45) is 0.433. The Hall–Kier alpha value is -2.60. The maximum absolute atomic E-state index is 12.2. The molecule has 0 bridgehead atoms. The number of benzene rings is 2. The van der Waals surface area contributed by atoms with Crippen molar-refractivity contribution in [2.45, 2.75) is 26.8 Å². The van der Waals surface area contributed by atoms with Crippen LogP contribution in [-0.2, 0) is 11.3 Å². The molecule has 0 saturated heterocycles. The number of carbonyl (C=O) groups excluding carboxylic acids is 1. The van der Waals surface area contributed by atoms with Crippen LogP contribution in [0, 0.1) is 18.3 Å². The van der Waals surface area contributed by atoms with Crippen LogP contribution >= 0.6 is 0 Å². The number of anilines is 1. The number of hydrogen-bond acceptors (Lipinski definition) is 2. The van der Waals surface area contributed by atoms with Gasteiger partial charge in [0.1, 0.15) is 0 Å². The van der Waals surface area contributed by atoms with Crippen molar-refractivity contribution < 1.29 is 4.79 Å². The van der Waals surface area contributed by atoms with E-state index in [0.29, 0.717) is 18.5 Å². The molecule has 3 heteroatoms. The Morgan fingerprint density at radius 3 is 2.62 bits per heavy atom. The van der Waals surface area contributed by atoms with Crippen molar-refractivity contribution in [3.8, 4) is 6.07 Å². The molecule has 2 aromatic rings. The summed E-state index contributed by atoms with van der Waals surface area (Å²) in [4.78, 5) is 14.0. The molecule has 0 aliphatic carbocycles. The van der Waals surface area contributed by atoms with Gasteiger partial charge in [-0.3, -0.25) is 4.79 Å². The van der Waals surface area contributed by atoms with Crippen molar-refractivity contribution in [3.63, 3.8) is 0 Å². The van der Waals surface area contributed by atoms with E-state index in [9.17, 15) is 4.79 Å². The third-order valence-corrected chi connectivity index (χ3v) is 3.31. The van der Waals surface area contributed by atoms with Crippen LogP contribution in [0.4, 0.5) is 5.69 Å². The van der Waals surface area contributed by atoms with Crippen LogP contribution < -0.4 is 4.90 Å². The number of carbonyl (C=O) groups is 1. The fourth-order valence-electron chi connectivity index (χ4n) is 2.25. The van der Waals surface area contributed by atoms with E-state index in [4.69, 9.17) is 5.26 Å². The summed E-state index contributed by atoms with van der Waals surface area (Å²) in [5.41, 5.74) is 3.58. The van der Waals surface area contributed by atoms with Crippen molar-refractivity contribution >= 4 is 11.6 Å². The van der Waals surface area contributed by atoms with E-state index in [-0.39, 0.29) is 5.91 Å². The van der Waals surface area contributed by atoms with Gasteiger partial charge in [0.15, 0.2) is 0 Å². The molecule has 0 aliphatic rings. The Kier molecular flexibility index (Phi) is 4.73. The van der Waals surface area contributed by atoms with E-state index in [1.165, 1.54) is 5.56 Å². The Morgan fingerprint density at radius 2 is 1.95 bits per heavy atom. The van der Waals surface area contributed by atoms with Crippen molar-refractivity contribution in [2.75, 3.05) is 4.90 Å². The van der Waals surface area contributed by atoms with Crippen molar-refractivity contribution in [1.82, 2.24) is 0 Å². The number of hydrogen-bond donors (Lipinski definition) is 0. The van der Waals surface area contributed by atoms with Gasteiger partial charge in [0.2, 0.25) is 5.91 Å². The summed E-state index contributed by atoms with van der Waals surface area (Å²) in [5.74, 6) is 0.0478. The maximum Gasteiger partial charge on any atom is 0.227 e. The first kappa shape index (κ1) is 14.8. The van der Waals surface area contributed by atoms with Crippen LogP contribution in [-0.4, -0.2) is 5.91 Å². The summed E-state index contributed by atoms with van der Waals surface area (Å²) in [5, 5.41) is 9.01. The summed E-state index contributed by atoms with van der Waals surface area (Å²) in [6.45, 7) is 4.40. The molecule has 0 saturated carbocycles. The van der Waals surface area contributed by atoms with Gasteiger partial charge in [-0.15, -0.1) is 0 Å². The smallest absolute Gasteiger partial charge is 0.227 e. The van der Waals surface area contributed by atoms with Gasteiger partial charge >= 0.3 is 0 Å². The third kappa shape index (κ3) is 3.70. The topological polar surface area (TPSA) is 44.1 Å². The molecule has 2 rings (SSSR count). The monoisotopic (exact) mass is 278 g/mol. The number of rotatable bonds is 4. The lowest BCUT2D eigenvalue weighted by molar-refractivity contribution is -0.118. The molecule has 1 amide bonds. The van der Waals surface area contributed by atoms with Crippen LogP contribution in [0.25, 0.3) is 0 Å². The van der Waals surface area contributed by atoms with E-state index in [1.807, 2.05) is 38.1 Å². The normalized spacial score (nSPS) is 9.95. The molecule has 0 N–H and O–H groups in total. The van der Waals surface area contributed by atoms with Gasteiger partial charge in [-0.25, -0.2) is 0 Å². The van der Waals surface area contributed by atoms with Crippen LogP contribution in [0.5, 0.6) is 0 Å². The van der Waals surface area contributed by atoms with E-state index >= 15 is 0 Å². The molecule has 0 spiro atoms. The number of nitrogens with zero attached hydrogens (tertiary/aromatic N) is 2. The molecule has 3 nitrogen and oxygen atoms in total. The second kappa shape index (κ2) is 6.71. The molecule has 106 valence electrons. The first-order chi connectivity index (χ1) is 10.1. The molecule has 0 heterocycles. The molecule has 0 aromatic heterocycles. The molecule has 0 radical (unpaired) electrons. The summed E-state index contributed by atoms with van der Waals surface area (Å²) in [6, 6.07) is 17.4. The van der Waals surface area contributed by atoms with Gasteiger partial charge in [0.05, 0.1) is 18.2 Å². The molecule has 0 atom stereocenters. The lowest BCUT2D eigenvalue weighted by Gasteiger charge is -2.23. The van der Waals surface area contributed by atoms with Gasteiger partial charge in [-0.1, -0.05) is 42.8 Å². The van der Waals surface area contributed by atoms with E-state index < -0.39 is 0 Å². The third-order valence-electron chi connectivity index (χ3n) is 3.31. The maximum atomic E-state index is 12.2. The highest BCUT2D eigenvalue weighted by Crippen LogP contribution is 2.20. The highest BCUT2D eigenvalue weighted by molar-refractivity contribution is 5.93. The summed E-state index contributed by atoms with van der Waals surface area (Å²) in [7, 11) is 0. The lowest BCUT2D eigenvalue weighted by Crippen LogP contribution is -2.29. The Morgan fingerprint density at radius 1 is 1.19 bits per heavy atom. The lowest BCUT2D eigenvalue weighted by atomic mass is 10.1. The zero-order valence-corrected chi connectivity index (χ0v) is 12.3. The first-order valence-electron chi connectivity index (χ1n) is 7.00. The van der Waals surface area contributed by atoms with Gasteiger partial charge in [-0.2, -0.15) is 5.26 Å². The summed E-state index contributed by atoms with van der Waals surface area (Å²) < 4.78 is 0. The van der Waals surface area contributed by atoms with Crippen molar-refractivity contribution in [3.05, 3.63) is 65.2 Å². The number of aryl methyl sites for hydroxylation is 1. The van der Waals surface area contributed by atoms with Crippen molar-refractivity contribution in [2.24, 2.45) is 0 Å². The van der Waals surface area contributed by atoms with Crippen LogP contribution in [0.3, 0.4) is 0 Å². The fourth-order valence-corrected chi connectivity index (χ4v) is 2.25. The van der Waals surface area contributed by atoms with E-state index in [1.54, 1.807) is 23.1 Å². The fraction of sp³-hybridized carbons (Fsp3) is 0.222. The molecular weight excluding hydrogens is 260 g/mol. The average Bonchev–Trinajstić information content (AvgIpc) is 2.52. The van der Waals surface area contributed by atoms with Crippen LogP contribution in [0.1, 0.15) is 30.0 Å². The first-order valence-corrected chi connectivity index (χ1v) is 7.00. The molecule has 0 fully saturated rings. The average molecular weight is 278 g/mol. The van der Waals surface area contributed by atoms with Gasteiger partial charge in [-0.05, 0) is 30.7 Å². The van der Waals surface area contributed by atoms with Crippen LogP contribution in [0.2, 0.25) is 0 Å². The quantitative estimate of drug-likeness (QED) is 0.853. The second-order valence-electron chi connectivity index (χ2n) is 4.98. The Bertz CT molecular complexity index is 686. The second-order valence-corrected chi connectivity index (χ2v) is 4.98. The van der Waals surface area contributed by atoms with Gasteiger partial charge < -0.3 is 4.90 Å². The highest BCUT2D eigenvalue weighted by Gasteiger charge is 2.15. The minimum Gasteiger partial charge on any atom is -0.308 e. The zero-order chi connectivity index (χ0) is 15.2. The molecule has 2 aromatic carbocycles. The minimum absolute atomic E-state index is 0.0478. The standard InChI is InChI=1S/C18H18N2O/c1-3-18(21)20(13-16-8-4-6-14(2)10-16)17-9-5-7-15(11-17)12-19/h4-11H,3,13H2,1-2H3. The molecule has 21 heavy (non-hydrogen) atoms. The van der Waals surface area contributed by atoms with Crippen molar-refractivity contribution in [1.29, 1.82) is 5.26 Å². The Balaban J connectivity index is 2.34. The van der Waals surface area contributed by atoms with E-state index in [0.717, 1.165) is 11.3 Å². The largest absolute Gasteiger partial charge is 0.308 e. The molecule has 0 aliphatic heterocycles. The minimum atomic E-state index is 0.0478. The molecular formula is C18H18N2O. The van der Waals surface area contributed by atoms with Gasteiger partial charge in [0.25, 0.3) is 0 Å². The van der Waals surface area contributed by atoms with E-state index in [2.05, 4.69) is 12.1 Å². The predicted octanol–water partition coefficient (Wildman–Crippen LogP) is 3.81. The van der Waals surface area contributed by atoms with Gasteiger partial charge in [0, 0.05) is 12.1 Å². The predicted molar refractivity (Wildman–Crippen MR) is 83.8 cm³/mol. The number of nitriles is 1. The SMILES string of the molecule is CCC(=O)N(Cc1cccc(C)c1)c1cccc(C#N)c1. The highest BCUT2D eigenvalue weighted by atomic mass is 16.2. The summed E-state index contributed by atoms with van der Waals surface area (Å²) >= 11 is 0.